The highest BCUT2D eigenvalue weighted by Gasteiger charge is 2.19. The van der Waals surface area contributed by atoms with E-state index in [0.717, 1.165) is 5.56 Å². The number of Topliss-reactive ketones (excluding diaryl/α,β-unsaturated/α-hetero) is 2. The Balaban J connectivity index is 1.64. The van der Waals surface area contributed by atoms with Gasteiger partial charge in [-0.05, 0) is 41.3 Å². The summed E-state index contributed by atoms with van der Waals surface area (Å²) in [5.74, 6) is -0.141. The quantitative estimate of drug-likeness (QED) is 0.506. The number of carbonyl (C=O) groups is 2. The van der Waals surface area contributed by atoms with Crippen LogP contribution in [0.2, 0.25) is 0 Å². The monoisotopic (exact) mass is 328 g/mol. The maximum atomic E-state index is 12.9. The molecule has 0 aliphatic carbocycles. The van der Waals surface area contributed by atoms with E-state index in [2.05, 4.69) is 0 Å². The molecule has 0 saturated heterocycles. The largest absolute Gasteiger partial charge is 0.465 e. The third-order valence-electron chi connectivity index (χ3n) is 3.34. The maximum absolute atomic E-state index is 12.9. The van der Waals surface area contributed by atoms with E-state index >= 15 is 0 Å². The summed E-state index contributed by atoms with van der Waals surface area (Å²) in [4.78, 5) is 24.3. The Labute approximate surface area is 136 Å². The van der Waals surface area contributed by atoms with Crippen LogP contribution >= 0.6 is 11.3 Å². The zero-order chi connectivity index (χ0) is 16.2. The van der Waals surface area contributed by atoms with Crippen LogP contribution in [0, 0.1) is 5.82 Å². The van der Waals surface area contributed by atoms with Gasteiger partial charge in [0.2, 0.25) is 11.6 Å². The lowest BCUT2D eigenvalue weighted by Gasteiger charge is -1.99. The van der Waals surface area contributed by atoms with Crippen LogP contribution in [-0.4, -0.2) is 11.6 Å². The first kappa shape index (κ1) is 15.4. The van der Waals surface area contributed by atoms with E-state index in [1.165, 1.54) is 23.5 Å². The van der Waals surface area contributed by atoms with Gasteiger partial charge in [-0.3, -0.25) is 9.59 Å². The second kappa shape index (κ2) is 6.71. The molecule has 1 aromatic carbocycles. The normalized spacial score (nSPS) is 10.7. The number of ketones is 2. The molecule has 0 fully saturated rings. The van der Waals surface area contributed by atoms with E-state index in [-0.39, 0.29) is 12.2 Å². The molecular weight excluding hydrogens is 315 g/mol. The first-order chi connectivity index (χ1) is 11.1. The van der Waals surface area contributed by atoms with Crippen molar-refractivity contribution < 1.29 is 18.4 Å². The summed E-state index contributed by atoms with van der Waals surface area (Å²) in [5.41, 5.74) is 0.910. The predicted molar refractivity (Wildman–Crippen MR) is 85.3 cm³/mol. The zero-order valence-corrected chi connectivity index (χ0v) is 12.9. The van der Waals surface area contributed by atoms with Crippen molar-refractivity contribution in [3.8, 4) is 0 Å². The van der Waals surface area contributed by atoms with Gasteiger partial charge in [-0.25, -0.2) is 4.39 Å². The van der Waals surface area contributed by atoms with Crippen LogP contribution < -0.4 is 0 Å². The fourth-order valence-corrected chi connectivity index (χ4v) is 2.88. The van der Waals surface area contributed by atoms with Crippen molar-refractivity contribution in [3.63, 3.8) is 0 Å². The van der Waals surface area contributed by atoms with Crippen LogP contribution in [0.25, 0.3) is 0 Å². The summed E-state index contributed by atoms with van der Waals surface area (Å²) in [6.07, 6.45) is 0.452. The summed E-state index contributed by atoms with van der Waals surface area (Å²) in [7, 11) is 0. The van der Waals surface area contributed by atoms with E-state index in [4.69, 9.17) is 4.42 Å². The van der Waals surface area contributed by atoms with E-state index in [9.17, 15) is 14.0 Å². The van der Waals surface area contributed by atoms with Gasteiger partial charge in [-0.2, -0.15) is 0 Å². The van der Waals surface area contributed by atoms with Crippen LogP contribution in [0.3, 0.4) is 0 Å². The fraction of sp³-hybridized carbons (Fsp3) is 0.111. The highest BCUT2D eigenvalue weighted by atomic mass is 32.1. The highest BCUT2D eigenvalue weighted by Crippen LogP contribution is 2.16. The number of thiophene rings is 1. The summed E-state index contributed by atoms with van der Waals surface area (Å²) >= 11 is 1.25. The standard InChI is InChI=1S/C18H13FO3S/c19-13-5-3-12(4-6-13)10-14-7-8-15(22-14)11-16(20)18(21)17-2-1-9-23-17/h1-9H,10-11H2. The van der Waals surface area contributed by atoms with Gasteiger partial charge in [0, 0.05) is 6.42 Å². The van der Waals surface area contributed by atoms with Crippen molar-refractivity contribution in [2.45, 2.75) is 12.8 Å². The molecule has 0 saturated carbocycles. The lowest BCUT2D eigenvalue weighted by Crippen LogP contribution is -2.15. The van der Waals surface area contributed by atoms with Crippen molar-refractivity contribution in [1.82, 2.24) is 0 Å². The second-order valence-electron chi connectivity index (χ2n) is 5.08. The maximum Gasteiger partial charge on any atom is 0.238 e. The number of hydrogen-bond donors (Lipinski definition) is 0. The van der Waals surface area contributed by atoms with Gasteiger partial charge in [0.1, 0.15) is 17.3 Å². The Morgan fingerprint density at radius 3 is 2.43 bits per heavy atom. The molecule has 0 aliphatic heterocycles. The lowest BCUT2D eigenvalue weighted by atomic mass is 10.1. The average Bonchev–Trinajstić information content (AvgIpc) is 3.21. The van der Waals surface area contributed by atoms with Gasteiger partial charge in [0.25, 0.3) is 0 Å². The molecule has 0 amide bonds. The van der Waals surface area contributed by atoms with Crippen LogP contribution in [0.4, 0.5) is 4.39 Å². The predicted octanol–water partition coefficient (Wildman–Crippen LogP) is 4.07. The molecule has 3 aromatic rings. The highest BCUT2D eigenvalue weighted by molar-refractivity contribution is 7.13. The Hall–Kier alpha value is -2.53. The van der Waals surface area contributed by atoms with Crippen molar-refractivity contribution in [2.75, 3.05) is 0 Å². The summed E-state index contributed by atoms with van der Waals surface area (Å²) in [5, 5.41) is 1.76. The molecule has 5 heteroatoms. The molecule has 0 aliphatic rings. The molecule has 0 radical (unpaired) electrons. The minimum atomic E-state index is -0.491. The van der Waals surface area contributed by atoms with E-state index in [1.807, 2.05) is 0 Å². The van der Waals surface area contributed by atoms with Gasteiger partial charge in [0.05, 0.1) is 11.3 Å². The van der Waals surface area contributed by atoms with Gasteiger partial charge in [-0.15, -0.1) is 11.3 Å². The lowest BCUT2D eigenvalue weighted by molar-refractivity contribution is -0.114. The molecule has 2 aromatic heterocycles. The molecule has 116 valence electrons. The third-order valence-corrected chi connectivity index (χ3v) is 4.21. The number of benzene rings is 1. The number of furan rings is 1. The number of carbonyl (C=O) groups excluding carboxylic acids is 2. The second-order valence-corrected chi connectivity index (χ2v) is 6.03. The van der Waals surface area contributed by atoms with E-state index in [1.54, 1.807) is 41.8 Å². The van der Waals surface area contributed by atoms with Crippen molar-refractivity contribution in [2.24, 2.45) is 0 Å². The minimum Gasteiger partial charge on any atom is -0.465 e. The van der Waals surface area contributed by atoms with Crippen LogP contribution in [0.15, 0.2) is 58.3 Å². The molecule has 0 unspecified atom stereocenters. The fourth-order valence-electron chi connectivity index (χ4n) is 2.20. The first-order valence-electron chi connectivity index (χ1n) is 7.05. The third kappa shape index (κ3) is 3.81. The molecule has 0 bridgehead atoms. The molecule has 23 heavy (non-hydrogen) atoms. The summed E-state index contributed by atoms with van der Waals surface area (Å²) in [6, 6.07) is 13.0. The smallest absolute Gasteiger partial charge is 0.238 e. The Kier molecular flexibility index (Phi) is 4.48. The average molecular weight is 328 g/mol. The number of rotatable bonds is 6. The van der Waals surface area contributed by atoms with Crippen LogP contribution in [0.5, 0.6) is 0 Å². The Bertz CT molecular complexity index is 816. The SMILES string of the molecule is O=C(Cc1ccc(Cc2ccc(F)cc2)o1)C(=O)c1cccs1. The number of hydrogen-bond acceptors (Lipinski definition) is 4. The van der Waals surface area contributed by atoms with E-state index in [0.29, 0.717) is 22.8 Å². The van der Waals surface area contributed by atoms with Crippen molar-refractivity contribution in [3.05, 3.63) is 81.7 Å². The molecule has 2 heterocycles. The van der Waals surface area contributed by atoms with Gasteiger partial charge < -0.3 is 4.42 Å². The van der Waals surface area contributed by atoms with Crippen molar-refractivity contribution >= 4 is 22.9 Å². The molecular formula is C18H13FO3S. The summed E-state index contributed by atoms with van der Waals surface area (Å²) in [6.45, 7) is 0. The van der Waals surface area contributed by atoms with Crippen molar-refractivity contribution in [1.29, 1.82) is 0 Å². The Morgan fingerprint density at radius 1 is 1.00 bits per heavy atom. The molecule has 3 rings (SSSR count). The number of halogens is 1. The Morgan fingerprint density at radius 2 is 1.74 bits per heavy atom. The zero-order valence-electron chi connectivity index (χ0n) is 12.1. The molecule has 0 atom stereocenters. The van der Waals surface area contributed by atoms with Gasteiger partial charge >= 0.3 is 0 Å². The molecule has 0 N–H and O–H groups in total. The van der Waals surface area contributed by atoms with Gasteiger partial charge in [0.15, 0.2) is 0 Å². The molecule has 0 spiro atoms. The summed E-state index contributed by atoms with van der Waals surface area (Å²) < 4.78 is 18.5. The van der Waals surface area contributed by atoms with E-state index < -0.39 is 11.6 Å². The van der Waals surface area contributed by atoms with Gasteiger partial charge in [-0.1, -0.05) is 18.2 Å². The topological polar surface area (TPSA) is 47.3 Å². The molecule has 3 nitrogen and oxygen atoms in total. The van der Waals surface area contributed by atoms with Crippen LogP contribution in [-0.2, 0) is 17.6 Å². The minimum absolute atomic E-state index is 0.0554. The first-order valence-corrected chi connectivity index (χ1v) is 7.93. The van der Waals surface area contributed by atoms with Crippen LogP contribution in [0.1, 0.15) is 26.8 Å².